The summed E-state index contributed by atoms with van der Waals surface area (Å²) < 4.78 is 5.03. The fourth-order valence-electron chi connectivity index (χ4n) is 0.639. The van der Waals surface area contributed by atoms with Gasteiger partial charge in [0.1, 0.15) is 6.23 Å². The number of nitrogens with two attached hydrogens (primary N) is 1. The molecule has 56 valence electrons. The lowest BCUT2D eigenvalue weighted by molar-refractivity contribution is 0.0720. The minimum atomic E-state index is 0.175. The Morgan fingerprint density at radius 3 is 2.67 bits per heavy atom. The van der Waals surface area contributed by atoms with Crippen LogP contribution in [0.4, 0.5) is 0 Å². The van der Waals surface area contributed by atoms with Crippen molar-refractivity contribution in [3.8, 4) is 0 Å². The third-order valence-electron chi connectivity index (χ3n) is 1.17. The highest BCUT2D eigenvalue weighted by Crippen LogP contribution is 1.88. The molecule has 0 heterocycles. The summed E-state index contributed by atoms with van der Waals surface area (Å²) in [5, 5.41) is 3.12. The van der Waals surface area contributed by atoms with Gasteiger partial charge in [-0.3, -0.25) is 5.32 Å². The molecule has 9 heavy (non-hydrogen) atoms. The standard InChI is InChI=1S/C6H16N2O/c1-3-6(9-2)8-5-4-7/h6,8H,3-5,7H2,1-2H3. The Kier molecular flexibility index (Phi) is 5.93. The molecule has 0 aliphatic heterocycles. The third kappa shape index (κ3) is 4.39. The zero-order chi connectivity index (χ0) is 7.11. The van der Waals surface area contributed by atoms with E-state index in [1.165, 1.54) is 0 Å². The molecular weight excluding hydrogens is 116 g/mol. The van der Waals surface area contributed by atoms with Gasteiger partial charge >= 0.3 is 0 Å². The lowest BCUT2D eigenvalue weighted by Crippen LogP contribution is -2.34. The highest BCUT2D eigenvalue weighted by Gasteiger charge is 1.98. The van der Waals surface area contributed by atoms with Crippen molar-refractivity contribution in [3.63, 3.8) is 0 Å². The van der Waals surface area contributed by atoms with Crippen molar-refractivity contribution in [2.75, 3.05) is 20.2 Å². The van der Waals surface area contributed by atoms with E-state index in [1.807, 2.05) is 0 Å². The molecular formula is C6H16N2O. The average molecular weight is 132 g/mol. The number of methoxy groups -OCH3 is 1. The van der Waals surface area contributed by atoms with Crippen LogP contribution >= 0.6 is 0 Å². The van der Waals surface area contributed by atoms with Crippen LogP contribution in [0, 0.1) is 0 Å². The smallest absolute Gasteiger partial charge is 0.107 e. The van der Waals surface area contributed by atoms with E-state index in [9.17, 15) is 0 Å². The van der Waals surface area contributed by atoms with Gasteiger partial charge in [-0.2, -0.15) is 0 Å². The van der Waals surface area contributed by atoms with Crippen LogP contribution in [0.5, 0.6) is 0 Å². The van der Waals surface area contributed by atoms with Gasteiger partial charge in [0.25, 0.3) is 0 Å². The first kappa shape index (κ1) is 8.88. The molecule has 3 nitrogen and oxygen atoms in total. The van der Waals surface area contributed by atoms with Crippen LogP contribution in [0.25, 0.3) is 0 Å². The van der Waals surface area contributed by atoms with Crippen LogP contribution in [-0.2, 0) is 4.74 Å². The fourth-order valence-corrected chi connectivity index (χ4v) is 0.639. The molecule has 1 atom stereocenters. The van der Waals surface area contributed by atoms with Crippen molar-refractivity contribution in [2.45, 2.75) is 19.6 Å². The van der Waals surface area contributed by atoms with E-state index < -0.39 is 0 Å². The van der Waals surface area contributed by atoms with Gasteiger partial charge in [0.05, 0.1) is 0 Å². The first-order chi connectivity index (χ1) is 4.35. The second-order valence-electron chi connectivity index (χ2n) is 1.88. The van der Waals surface area contributed by atoms with Gasteiger partial charge in [-0.05, 0) is 6.42 Å². The van der Waals surface area contributed by atoms with Crippen molar-refractivity contribution in [3.05, 3.63) is 0 Å². The van der Waals surface area contributed by atoms with Crippen LogP contribution in [0.1, 0.15) is 13.3 Å². The Morgan fingerprint density at radius 2 is 2.33 bits per heavy atom. The van der Waals surface area contributed by atoms with Crippen molar-refractivity contribution in [2.24, 2.45) is 5.73 Å². The molecule has 0 amide bonds. The summed E-state index contributed by atoms with van der Waals surface area (Å²) in [6.07, 6.45) is 1.16. The highest BCUT2D eigenvalue weighted by molar-refractivity contribution is 4.51. The average Bonchev–Trinajstić information content (AvgIpc) is 1.91. The summed E-state index contributed by atoms with van der Waals surface area (Å²) in [6, 6.07) is 0. The first-order valence-electron chi connectivity index (χ1n) is 3.31. The van der Waals surface area contributed by atoms with Crippen LogP contribution < -0.4 is 11.1 Å². The van der Waals surface area contributed by atoms with E-state index >= 15 is 0 Å². The molecule has 0 spiro atoms. The van der Waals surface area contributed by atoms with Gasteiger partial charge in [0.15, 0.2) is 0 Å². The van der Waals surface area contributed by atoms with Gasteiger partial charge in [0, 0.05) is 20.2 Å². The van der Waals surface area contributed by atoms with Gasteiger partial charge in [0.2, 0.25) is 0 Å². The molecule has 0 radical (unpaired) electrons. The summed E-state index contributed by atoms with van der Waals surface area (Å²) in [7, 11) is 1.69. The summed E-state index contributed by atoms with van der Waals surface area (Å²) in [5.74, 6) is 0. The molecule has 0 aliphatic carbocycles. The van der Waals surface area contributed by atoms with Crippen LogP contribution in [0.3, 0.4) is 0 Å². The van der Waals surface area contributed by atoms with Crippen LogP contribution in [0.2, 0.25) is 0 Å². The Morgan fingerprint density at radius 1 is 1.67 bits per heavy atom. The van der Waals surface area contributed by atoms with Crippen molar-refractivity contribution in [1.82, 2.24) is 5.32 Å². The summed E-state index contributed by atoms with van der Waals surface area (Å²) in [5.41, 5.74) is 5.27. The van der Waals surface area contributed by atoms with E-state index in [2.05, 4.69) is 12.2 Å². The Labute approximate surface area is 56.6 Å². The molecule has 0 aromatic rings. The molecule has 0 bridgehead atoms. The molecule has 0 aliphatic rings. The van der Waals surface area contributed by atoms with Crippen LogP contribution in [-0.4, -0.2) is 26.4 Å². The van der Waals surface area contributed by atoms with Crippen molar-refractivity contribution < 1.29 is 4.74 Å². The molecule has 0 aromatic carbocycles. The lowest BCUT2D eigenvalue weighted by atomic mass is 10.4. The number of hydrogen-bond acceptors (Lipinski definition) is 3. The van der Waals surface area contributed by atoms with Gasteiger partial charge in [-0.15, -0.1) is 0 Å². The highest BCUT2D eigenvalue weighted by atomic mass is 16.5. The normalized spacial score (nSPS) is 13.7. The van der Waals surface area contributed by atoms with E-state index in [4.69, 9.17) is 10.5 Å². The monoisotopic (exact) mass is 132 g/mol. The maximum atomic E-state index is 5.27. The second-order valence-corrected chi connectivity index (χ2v) is 1.88. The molecule has 0 rings (SSSR count). The summed E-state index contributed by atoms with van der Waals surface area (Å²) in [6.45, 7) is 3.56. The molecule has 3 heteroatoms. The van der Waals surface area contributed by atoms with E-state index in [1.54, 1.807) is 7.11 Å². The Hall–Kier alpha value is -0.120. The van der Waals surface area contributed by atoms with Gasteiger partial charge in [-0.25, -0.2) is 0 Å². The largest absolute Gasteiger partial charge is 0.367 e. The minimum Gasteiger partial charge on any atom is -0.367 e. The fraction of sp³-hybridized carbons (Fsp3) is 1.00. The van der Waals surface area contributed by atoms with Gasteiger partial charge in [-0.1, -0.05) is 6.92 Å². The van der Waals surface area contributed by atoms with Crippen LogP contribution in [0.15, 0.2) is 0 Å². The zero-order valence-electron chi connectivity index (χ0n) is 6.18. The Bertz CT molecular complexity index is 55.0. The van der Waals surface area contributed by atoms with E-state index in [0.717, 1.165) is 13.0 Å². The first-order valence-corrected chi connectivity index (χ1v) is 3.31. The SMILES string of the molecule is CCC(NCCN)OC. The maximum absolute atomic E-state index is 5.27. The predicted octanol–water partition coefficient (Wildman–Crippen LogP) is -0.0828. The number of ether oxygens (including phenoxy) is 1. The second kappa shape index (κ2) is 6.01. The minimum absolute atomic E-state index is 0.175. The summed E-state index contributed by atoms with van der Waals surface area (Å²) >= 11 is 0. The Balaban J connectivity index is 3.09. The van der Waals surface area contributed by atoms with Crippen molar-refractivity contribution >= 4 is 0 Å². The van der Waals surface area contributed by atoms with Gasteiger partial charge < -0.3 is 10.5 Å². The zero-order valence-corrected chi connectivity index (χ0v) is 6.18. The number of hydrogen-bond donors (Lipinski definition) is 2. The number of rotatable bonds is 5. The lowest BCUT2D eigenvalue weighted by Gasteiger charge is -2.13. The third-order valence-corrected chi connectivity index (χ3v) is 1.17. The molecule has 0 fully saturated rings. The molecule has 3 N–H and O–H groups in total. The topological polar surface area (TPSA) is 47.3 Å². The maximum Gasteiger partial charge on any atom is 0.107 e. The van der Waals surface area contributed by atoms with E-state index in [-0.39, 0.29) is 6.23 Å². The van der Waals surface area contributed by atoms with E-state index in [0.29, 0.717) is 6.54 Å². The molecule has 0 aromatic heterocycles. The molecule has 1 unspecified atom stereocenters. The predicted molar refractivity (Wildman–Crippen MR) is 38.1 cm³/mol. The quantitative estimate of drug-likeness (QED) is 0.514. The van der Waals surface area contributed by atoms with Crippen molar-refractivity contribution in [1.29, 1.82) is 0 Å². The molecule has 0 saturated carbocycles. The number of nitrogens with one attached hydrogen (secondary N) is 1. The summed E-state index contributed by atoms with van der Waals surface area (Å²) in [4.78, 5) is 0. The molecule has 0 saturated heterocycles.